The van der Waals surface area contributed by atoms with Crippen molar-refractivity contribution in [1.82, 2.24) is 10.2 Å². The maximum absolute atomic E-state index is 3.69. The monoisotopic (exact) mass is 254 g/mol. The minimum atomic E-state index is 0.231. The van der Waals surface area contributed by atoms with Crippen molar-refractivity contribution in [2.75, 3.05) is 26.2 Å². The molecule has 0 aromatic rings. The van der Waals surface area contributed by atoms with Crippen molar-refractivity contribution < 1.29 is 0 Å². The highest BCUT2D eigenvalue weighted by molar-refractivity contribution is 4.83. The van der Waals surface area contributed by atoms with E-state index in [1.165, 1.54) is 51.7 Å². The number of hydrogen-bond donors (Lipinski definition) is 1. The van der Waals surface area contributed by atoms with E-state index >= 15 is 0 Å². The van der Waals surface area contributed by atoms with E-state index in [-0.39, 0.29) is 5.54 Å². The van der Waals surface area contributed by atoms with Crippen molar-refractivity contribution in [2.24, 2.45) is 5.41 Å². The fraction of sp³-hybridized carbons (Fsp3) is 1.00. The van der Waals surface area contributed by atoms with E-state index in [9.17, 15) is 0 Å². The Kier molecular flexibility index (Phi) is 6.13. The largest absolute Gasteiger partial charge is 0.311 e. The summed E-state index contributed by atoms with van der Waals surface area (Å²) in [6.07, 6.45) is 6.91. The third-order valence-corrected chi connectivity index (χ3v) is 4.20. The minimum absolute atomic E-state index is 0.231. The zero-order chi connectivity index (χ0) is 13.6. The Balaban J connectivity index is 2.47. The summed E-state index contributed by atoms with van der Waals surface area (Å²) < 4.78 is 0. The van der Waals surface area contributed by atoms with Crippen LogP contribution in [0.4, 0.5) is 0 Å². The van der Waals surface area contributed by atoms with Gasteiger partial charge in [-0.3, -0.25) is 0 Å². The highest BCUT2D eigenvalue weighted by Gasteiger charge is 2.27. The minimum Gasteiger partial charge on any atom is -0.311 e. The molecule has 1 fully saturated rings. The van der Waals surface area contributed by atoms with Crippen LogP contribution in [0.3, 0.4) is 0 Å². The molecule has 1 aliphatic rings. The highest BCUT2D eigenvalue weighted by atomic mass is 15.1. The van der Waals surface area contributed by atoms with E-state index in [2.05, 4.69) is 44.8 Å². The molecule has 1 N–H and O–H groups in total. The molecular weight excluding hydrogens is 220 g/mol. The lowest BCUT2D eigenvalue weighted by Crippen LogP contribution is -2.47. The van der Waals surface area contributed by atoms with E-state index in [0.717, 1.165) is 6.54 Å². The molecule has 0 spiro atoms. The Bertz CT molecular complexity index is 224. The van der Waals surface area contributed by atoms with Crippen molar-refractivity contribution in [3.8, 4) is 0 Å². The number of hydrogen-bond acceptors (Lipinski definition) is 2. The van der Waals surface area contributed by atoms with Gasteiger partial charge in [0.2, 0.25) is 0 Å². The molecule has 0 bridgehead atoms. The van der Waals surface area contributed by atoms with E-state index in [0.29, 0.717) is 5.41 Å². The molecule has 2 nitrogen and oxygen atoms in total. The Morgan fingerprint density at radius 1 is 0.944 bits per heavy atom. The van der Waals surface area contributed by atoms with E-state index < -0.39 is 0 Å². The third kappa shape index (κ3) is 6.19. The van der Waals surface area contributed by atoms with Crippen molar-refractivity contribution in [2.45, 2.75) is 72.3 Å². The number of nitrogens with zero attached hydrogens (tertiary/aromatic N) is 1. The van der Waals surface area contributed by atoms with Crippen LogP contribution in [-0.2, 0) is 0 Å². The lowest BCUT2D eigenvalue weighted by Gasteiger charge is -2.37. The van der Waals surface area contributed by atoms with Gasteiger partial charge in [0.25, 0.3) is 0 Å². The van der Waals surface area contributed by atoms with Crippen LogP contribution >= 0.6 is 0 Å². The van der Waals surface area contributed by atoms with Crippen molar-refractivity contribution in [3.63, 3.8) is 0 Å². The topological polar surface area (TPSA) is 15.3 Å². The molecule has 0 saturated carbocycles. The van der Waals surface area contributed by atoms with Gasteiger partial charge in [-0.15, -0.1) is 0 Å². The Morgan fingerprint density at radius 3 is 1.94 bits per heavy atom. The van der Waals surface area contributed by atoms with Crippen LogP contribution in [-0.4, -0.2) is 36.6 Å². The van der Waals surface area contributed by atoms with Gasteiger partial charge in [0, 0.05) is 18.6 Å². The predicted octanol–water partition coefficient (Wildman–Crippen LogP) is 3.67. The molecule has 1 saturated heterocycles. The molecule has 0 aromatic carbocycles. The normalized spacial score (nSPS) is 22.5. The van der Waals surface area contributed by atoms with Gasteiger partial charge in [-0.05, 0) is 58.5 Å². The SMILES string of the molecule is CCC(C)(CNC(C)(C)C)CN1CCCCCC1. The van der Waals surface area contributed by atoms with Crippen molar-refractivity contribution in [1.29, 1.82) is 0 Å². The van der Waals surface area contributed by atoms with Gasteiger partial charge in [0.1, 0.15) is 0 Å². The summed E-state index contributed by atoms with van der Waals surface area (Å²) in [6, 6.07) is 0. The van der Waals surface area contributed by atoms with Crippen LogP contribution in [0.1, 0.15) is 66.7 Å². The number of likely N-dealkylation sites (tertiary alicyclic amines) is 1. The fourth-order valence-corrected chi connectivity index (χ4v) is 2.61. The first-order chi connectivity index (χ1) is 8.35. The maximum Gasteiger partial charge on any atom is 0.00967 e. The van der Waals surface area contributed by atoms with Gasteiger partial charge in [-0.2, -0.15) is 0 Å². The molecule has 0 aromatic heterocycles. The van der Waals surface area contributed by atoms with E-state index in [4.69, 9.17) is 0 Å². The molecule has 0 amide bonds. The molecule has 1 heterocycles. The first-order valence-corrected chi connectivity index (χ1v) is 7.82. The maximum atomic E-state index is 3.69. The van der Waals surface area contributed by atoms with E-state index in [1.807, 2.05) is 0 Å². The third-order valence-electron chi connectivity index (χ3n) is 4.20. The van der Waals surface area contributed by atoms with Gasteiger partial charge in [-0.25, -0.2) is 0 Å². The van der Waals surface area contributed by atoms with Crippen LogP contribution in [0.15, 0.2) is 0 Å². The molecule has 18 heavy (non-hydrogen) atoms. The van der Waals surface area contributed by atoms with Gasteiger partial charge >= 0.3 is 0 Å². The van der Waals surface area contributed by atoms with Gasteiger partial charge in [-0.1, -0.05) is 26.7 Å². The first kappa shape index (κ1) is 16.0. The second-order valence-corrected chi connectivity index (χ2v) is 7.46. The number of rotatable bonds is 5. The summed E-state index contributed by atoms with van der Waals surface area (Å²) in [5, 5.41) is 3.69. The Hall–Kier alpha value is -0.0800. The molecule has 1 unspecified atom stereocenters. The fourth-order valence-electron chi connectivity index (χ4n) is 2.61. The zero-order valence-corrected chi connectivity index (χ0v) is 13.3. The van der Waals surface area contributed by atoms with Crippen molar-refractivity contribution >= 4 is 0 Å². The molecule has 0 aliphatic carbocycles. The van der Waals surface area contributed by atoms with Crippen molar-refractivity contribution in [3.05, 3.63) is 0 Å². The first-order valence-electron chi connectivity index (χ1n) is 7.82. The van der Waals surface area contributed by atoms with Crippen LogP contribution in [0.2, 0.25) is 0 Å². The zero-order valence-electron chi connectivity index (χ0n) is 13.3. The van der Waals surface area contributed by atoms with Crippen LogP contribution in [0.25, 0.3) is 0 Å². The molecule has 1 rings (SSSR count). The summed E-state index contributed by atoms with van der Waals surface area (Å²) in [7, 11) is 0. The number of nitrogens with one attached hydrogen (secondary N) is 1. The van der Waals surface area contributed by atoms with Crippen LogP contribution < -0.4 is 5.32 Å². The van der Waals surface area contributed by atoms with Gasteiger partial charge in [0.05, 0.1) is 0 Å². The lowest BCUT2D eigenvalue weighted by atomic mass is 9.85. The predicted molar refractivity (Wildman–Crippen MR) is 81.1 cm³/mol. The summed E-state index contributed by atoms with van der Waals surface area (Å²) in [5.41, 5.74) is 0.646. The average Bonchev–Trinajstić information content (AvgIpc) is 2.54. The van der Waals surface area contributed by atoms with Crippen LogP contribution in [0.5, 0.6) is 0 Å². The molecular formula is C16H34N2. The average molecular weight is 254 g/mol. The van der Waals surface area contributed by atoms with Gasteiger partial charge in [0.15, 0.2) is 0 Å². The van der Waals surface area contributed by atoms with E-state index in [1.54, 1.807) is 0 Å². The summed E-state index contributed by atoms with van der Waals surface area (Å²) in [4.78, 5) is 2.70. The summed E-state index contributed by atoms with van der Waals surface area (Å²) in [5.74, 6) is 0. The molecule has 1 aliphatic heterocycles. The molecule has 2 heteroatoms. The highest BCUT2D eigenvalue weighted by Crippen LogP contribution is 2.24. The quantitative estimate of drug-likeness (QED) is 0.805. The molecule has 0 radical (unpaired) electrons. The second-order valence-electron chi connectivity index (χ2n) is 7.46. The lowest BCUT2D eigenvalue weighted by molar-refractivity contribution is 0.149. The smallest absolute Gasteiger partial charge is 0.00967 e. The Labute approximate surface area is 115 Å². The summed E-state index contributed by atoms with van der Waals surface area (Å²) >= 11 is 0. The molecule has 1 atom stereocenters. The summed E-state index contributed by atoms with van der Waals surface area (Å²) in [6.45, 7) is 16.6. The Morgan fingerprint density at radius 2 is 1.50 bits per heavy atom. The standard InChI is InChI=1S/C16H34N2/c1-6-16(5,13-17-15(2,3)4)14-18-11-9-7-8-10-12-18/h17H,6-14H2,1-5H3. The van der Waals surface area contributed by atoms with Crippen LogP contribution in [0, 0.1) is 5.41 Å². The second kappa shape index (κ2) is 6.91. The molecule has 108 valence electrons. The van der Waals surface area contributed by atoms with Gasteiger partial charge < -0.3 is 10.2 Å².